The van der Waals surface area contributed by atoms with Crippen LogP contribution in [0.1, 0.15) is 35.8 Å². The summed E-state index contributed by atoms with van der Waals surface area (Å²) in [4.78, 5) is 15.0. The fraction of sp³-hybridized carbons (Fsp3) is 0.455. The molecule has 0 atom stereocenters. The maximum atomic E-state index is 10.9. The van der Waals surface area contributed by atoms with Crippen molar-refractivity contribution in [1.82, 2.24) is 4.98 Å². The van der Waals surface area contributed by atoms with E-state index in [1.54, 1.807) is 6.92 Å². The third-order valence-corrected chi connectivity index (χ3v) is 2.47. The summed E-state index contributed by atoms with van der Waals surface area (Å²) >= 11 is 5.81. The van der Waals surface area contributed by atoms with Gasteiger partial charge in [-0.05, 0) is 19.4 Å². The van der Waals surface area contributed by atoms with Crippen molar-refractivity contribution in [3.63, 3.8) is 0 Å². The van der Waals surface area contributed by atoms with Crippen LogP contribution in [0.2, 0.25) is 5.02 Å². The number of aromatic nitrogens is 1. The van der Waals surface area contributed by atoms with Crippen molar-refractivity contribution in [2.24, 2.45) is 0 Å². The van der Waals surface area contributed by atoms with Gasteiger partial charge in [-0.2, -0.15) is 0 Å². The Bertz CT molecular complexity index is 393. The van der Waals surface area contributed by atoms with Crippen molar-refractivity contribution >= 4 is 17.6 Å². The second-order valence-corrected chi connectivity index (χ2v) is 3.82. The van der Waals surface area contributed by atoms with E-state index >= 15 is 0 Å². The maximum absolute atomic E-state index is 10.9. The van der Waals surface area contributed by atoms with Crippen LogP contribution in [0.5, 0.6) is 5.88 Å². The Morgan fingerprint density at radius 3 is 2.88 bits per heavy atom. The van der Waals surface area contributed by atoms with Gasteiger partial charge in [-0.3, -0.25) is 0 Å². The van der Waals surface area contributed by atoms with Crippen LogP contribution in [0, 0.1) is 6.92 Å². The van der Waals surface area contributed by atoms with Gasteiger partial charge in [0.2, 0.25) is 5.88 Å². The first kappa shape index (κ1) is 12.8. The van der Waals surface area contributed by atoms with Crippen molar-refractivity contribution in [2.45, 2.75) is 26.7 Å². The van der Waals surface area contributed by atoms with Gasteiger partial charge in [0.05, 0.1) is 17.3 Å². The lowest BCUT2D eigenvalue weighted by molar-refractivity contribution is 0.0691. The number of carboxylic acids is 1. The van der Waals surface area contributed by atoms with Gasteiger partial charge >= 0.3 is 5.97 Å². The van der Waals surface area contributed by atoms with E-state index in [2.05, 4.69) is 4.98 Å². The van der Waals surface area contributed by atoms with E-state index in [1.165, 1.54) is 6.07 Å². The predicted octanol–water partition coefficient (Wildman–Crippen LogP) is 2.92. The lowest BCUT2D eigenvalue weighted by atomic mass is 10.2. The summed E-state index contributed by atoms with van der Waals surface area (Å²) in [6.45, 7) is 4.20. The number of nitrogens with zero attached hydrogens (tertiary/aromatic N) is 1. The zero-order valence-corrected chi connectivity index (χ0v) is 10.0. The Balaban J connectivity index is 2.95. The van der Waals surface area contributed by atoms with Crippen LogP contribution in [-0.2, 0) is 0 Å². The number of halogens is 1. The molecule has 4 nitrogen and oxygen atoms in total. The molecule has 0 fully saturated rings. The Morgan fingerprint density at radius 2 is 2.31 bits per heavy atom. The van der Waals surface area contributed by atoms with Gasteiger partial charge in [-0.25, -0.2) is 9.78 Å². The van der Waals surface area contributed by atoms with Crippen LogP contribution in [0.25, 0.3) is 0 Å². The molecule has 1 rings (SSSR count). The minimum absolute atomic E-state index is 0.00621. The molecule has 0 aliphatic rings. The van der Waals surface area contributed by atoms with Crippen molar-refractivity contribution in [1.29, 1.82) is 0 Å². The van der Waals surface area contributed by atoms with Gasteiger partial charge in [-0.15, -0.1) is 0 Å². The molecule has 0 aromatic carbocycles. The number of ether oxygens (including phenoxy) is 1. The number of carboxylic acid groups (broad SMARTS) is 1. The molecule has 0 radical (unpaired) electrons. The summed E-state index contributed by atoms with van der Waals surface area (Å²) < 4.78 is 5.32. The van der Waals surface area contributed by atoms with Crippen LogP contribution < -0.4 is 4.74 Å². The summed E-state index contributed by atoms with van der Waals surface area (Å²) in [5, 5.41) is 9.29. The molecule has 0 aliphatic heterocycles. The standard InChI is InChI=1S/C11H14ClNO3/c1-3-4-5-16-10-8(11(14)15)6-9(12)7(2)13-10/h6H,3-5H2,1-2H3,(H,14,15). The van der Waals surface area contributed by atoms with Crippen LogP contribution in [0.3, 0.4) is 0 Å². The first-order valence-electron chi connectivity index (χ1n) is 5.09. The average Bonchev–Trinajstić information content (AvgIpc) is 2.23. The molecule has 0 spiro atoms. The fourth-order valence-electron chi connectivity index (χ4n) is 1.14. The zero-order valence-electron chi connectivity index (χ0n) is 9.29. The molecule has 0 saturated heterocycles. The summed E-state index contributed by atoms with van der Waals surface area (Å²) in [6, 6.07) is 1.37. The van der Waals surface area contributed by atoms with E-state index in [1.807, 2.05) is 6.92 Å². The Morgan fingerprint density at radius 1 is 1.62 bits per heavy atom. The molecular weight excluding hydrogens is 230 g/mol. The van der Waals surface area contributed by atoms with E-state index in [4.69, 9.17) is 21.4 Å². The van der Waals surface area contributed by atoms with E-state index in [-0.39, 0.29) is 11.4 Å². The van der Waals surface area contributed by atoms with Crippen LogP contribution in [0.4, 0.5) is 0 Å². The largest absolute Gasteiger partial charge is 0.477 e. The first-order valence-corrected chi connectivity index (χ1v) is 5.47. The van der Waals surface area contributed by atoms with E-state index in [0.717, 1.165) is 12.8 Å². The highest BCUT2D eigenvalue weighted by molar-refractivity contribution is 6.31. The van der Waals surface area contributed by atoms with Crippen molar-refractivity contribution in [2.75, 3.05) is 6.61 Å². The number of carbonyl (C=O) groups is 1. The highest BCUT2D eigenvalue weighted by atomic mass is 35.5. The van der Waals surface area contributed by atoms with Crippen molar-refractivity contribution in [3.8, 4) is 5.88 Å². The van der Waals surface area contributed by atoms with E-state index < -0.39 is 5.97 Å². The lowest BCUT2D eigenvalue weighted by Crippen LogP contribution is -2.07. The number of hydrogen-bond acceptors (Lipinski definition) is 3. The minimum atomic E-state index is -1.08. The molecule has 1 N–H and O–H groups in total. The van der Waals surface area contributed by atoms with Crippen LogP contribution in [-0.4, -0.2) is 22.7 Å². The molecule has 0 bridgehead atoms. The molecule has 88 valence electrons. The number of unbranched alkanes of at least 4 members (excludes halogenated alkanes) is 1. The average molecular weight is 244 g/mol. The number of aryl methyl sites for hydroxylation is 1. The van der Waals surface area contributed by atoms with E-state index in [9.17, 15) is 4.79 Å². The monoisotopic (exact) mass is 243 g/mol. The second-order valence-electron chi connectivity index (χ2n) is 3.42. The Kier molecular flexibility index (Phi) is 4.55. The maximum Gasteiger partial charge on any atom is 0.341 e. The Hall–Kier alpha value is -1.29. The summed E-state index contributed by atoms with van der Waals surface area (Å²) in [5.74, 6) is -0.941. The van der Waals surface area contributed by atoms with Crippen LogP contribution >= 0.6 is 11.6 Å². The van der Waals surface area contributed by atoms with Gasteiger partial charge in [0.25, 0.3) is 0 Å². The number of aromatic carboxylic acids is 1. The summed E-state index contributed by atoms with van der Waals surface area (Å²) in [6.07, 6.45) is 1.84. The fourth-order valence-corrected chi connectivity index (χ4v) is 1.29. The summed E-state index contributed by atoms with van der Waals surface area (Å²) in [7, 11) is 0. The zero-order chi connectivity index (χ0) is 12.1. The second kappa shape index (κ2) is 5.70. The molecule has 0 aliphatic carbocycles. The normalized spacial score (nSPS) is 10.2. The van der Waals surface area contributed by atoms with Gasteiger partial charge in [-0.1, -0.05) is 24.9 Å². The molecule has 0 unspecified atom stereocenters. The first-order chi connectivity index (χ1) is 7.56. The number of hydrogen-bond donors (Lipinski definition) is 1. The Labute approximate surface area is 99.2 Å². The lowest BCUT2D eigenvalue weighted by Gasteiger charge is -2.09. The molecule has 0 saturated carbocycles. The number of pyridine rings is 1. The molecule has 5 heteroatoms. The topological polar surface area (TPSA) is 59.4 Å². The highest BCUT2D eigenvalue weighted by Gasteiger charge is 2.15. The molecule has 1 heterocycles. The summed E-state index contributed by atoms with van der Waals surface area (Å²) in [5.41, 5.74) is 0.574. The van der Waals surface area contributed by atoms with Gasteiger partial charge in [0, 0.05) is 0 Å². The SMILES string of the molecule is CCCCOc1nc(C)c(Cl)cc1C(=O)O. The van der Waals surface area contributed by atoms with Crippen molar-refractivity contribution < 1.29 is 14.6 Å². The minimum Gasteiger partial charge on any atom is -0.477 e. The third-order valence-electron chi connectivity index (χ3n) is 2.08. The molecular formula is C11H14ClNO3. The molecule has 1 aromatic rings. The quantitative estimate of drug-likeness (QED) is 0.808. The van der Waals surface area contributed by atoms with Crippen LogP contribution in [0.15, 0.2) is 6.07 Å². The number of rotatable bonds is 5. The van der Waals surface area contributed by atoms with Crippen molar-refractivity contribution in [3.05, 3.63) is 22.3 Å². The molecule has 16 heavy (non-hydrogen) atoms. The smallest absolute Gasteiger partial charge is 0.341 e. The molecule has 0 amide bonds. The third kappa shape index (κ3) is 3.10. The van der Waals surface area contributed by atoms with Gasteiger partial charge in [0.15, 0.2) is 0 Å². The van der Waals surface area contributed by atoms with E-state index in [0.29, 0.717) is 17.3 Å². The highest BCUT2D eigenvalue weighted by Crippen LogP contribution is 2.23. The predicted molar refractivity (Wildman–Crippen MR) is 61.3 cm³/mol. The van der Waals surface area contributed by atoms with Gasteiger partial charge < -0.3 is 9.84 Å². The van der Waals surface area contributed by atoms with Gasteiger partial charge in [0.1, 0.15) is 5.56 Å². The molecule has 1 aromatic heterocycles.